The van der Waals surface area contributed by atoms with Gasteiger partial charge < -0.3 is 14.8 Å². The fourth-order valence-corrected chi connectivity index (χ4v) is 2.07. The van der Waals surface area contributed by atoms with Crippen molar-refractivity contribution in [2.45, 2.75) is 26.3 Å². The summed E-state index contributed by atoms with van der Waals surface area (Å²) in [5, 5.41) is 3.26. The minimum absolute atomic E-state index is 0.931. The van der Waals surface area contributed by atoms with Gasteiger partial charge in [-0.1, -0.05) is 0 Å². The Kier molecular flexibility index (Phi) is 3.61. The van der Waals surface area contributed by atoms with Gasteiger partial charge in [0.1, 0.15) is 0 Å². The fraction of sp³-hybridized carbons (Fsp3) is 0.727. The summed E-state index contributed by atoms with van der Waals surface area (Å²) in [6.07, 6.45) is 6.64. The predicted molar refractivity (Wildman–Crippen MR) is 62.1 cm³/mol. The van der Waals surface area contributed by atoms with Crippen molar-refractivity contribution >= 4 is 5.95 Å². The molecule has 0 aromatic carbocycles. The van der Waals surface area contributed by atoms with Crippen LogP contribution in [0.3, 0.4) is 0 Å². The lowest BCUT2D eigenvalue weighted by Crippen LogP contribution is -2.24. The molecule has 4 nitrogen and oxygen atoms in total. The average molecular weight is 208 g/mol. The van der Waals surface area contributed by atoms with E-state index in [2.05, 4.69) is 26.7 Å². The zero-order chi connectivity index (χ0) is 10.5. The minimum Gasteiger partial charge on any atom is -0.356 e. The highest BCUT2D eigenvalue weighted by Gasteiger charge is 2.11. The Morgan fingerprint density at radius 2 is 2.13 bits per heavy atom. The normalized spacial score (nSPS) is 17.1. The molecule has 1 aromatic heterocycles. The maximum absolute atomic E-state index is 4.28. The molecule has 2 rings (SSSR count). The Morgan fingerprint density at radius 1 is 1.33 bits per heavy atom. The van der Waals surface area contributed by atoms with Gasteiger partial charge in [0.2, 0.25) is 5.95 Å². The van der Waals surface area contributed by atoms with Crippen LogP contribution in [0.15, 0.2) is 12.4 Å². The van der Waals surface area contributed by atoms with Crippen molar-refractivity contribution in [1.29, 1.82) is 0 Å². The largest absolute Gasteiger partial charge is 0.356 e. The number of hydrogen-bond acceptors (Lipinski definition) is 3. The molecular weight excluding hydrogens is 188 g/mol. The van der Waals surface area contributed by atoms with Crippen molar-refractivity contribution < 1.29 is 0 Å². The molecular formula is C11H20N4. The van der Waals surface area contributed by atoms with E-state index < -0.39 is 0 Å². The molecule has 1 aliphatic heterocycles. The van der Waals surface area contributed by atoms with E-state index in [-0.39, 0.29) is 0 Å². The van der Waals surface area contributed by atoms with Gasteiger partial charge in [0, 0.05) is 32.0 Å². The number of likely N-dealkylation sites (tertiary alicyclic amines) is 1. The second-order valence-corrected chi connectivity index (χ2v) is 4.02. The Bertz CT molecular complexity index is 289. The zero-order valence-corrected chi connectivity index (χ0v) is 9.45. The van der Waals surface area contributed by atoms with E-state index in [1.807, 2.05) is 12.4 Å². The van der Waals surface area contributed by atoms with Gasteiger partial charge in [-0.25, -0.2) is 4.98 Å². The molecule has 84 valence electrons. The standard InChI is InChI=1S/C11H20N4/c1-2-12-11-13-5-8-15(11)10-9-14-6-3-4-7-14/h5,8H,2-4,6-7,9-10H2,1H3,(H,12,13). The third kappa shape index (κ3) is 2.72. The van der Waals surface area contributed by atoms with E-state index in [1.165, 1.54) is 25.9 Å². The van der Waals surface area contributed by atoms with Crippen molar-refractivity contribution in [2.75, 3.05) is 31.5 Å². The van der Waals surface area contributed by atoms with Crippen LogP contribution >= 0.6 is 0 Å². The number of nitrogens with one attached hydrogen (secondary N) is 1. The molecule has 0 saturated carbocycles. The lowest BCUT2D eigenvalue weighted by molar-refractivity contribution is 0.323. The molecule has 1 aromatic rings. The highest BCUT2D eigenvalue weighted by Crippen LogP contribution is 2.09. The molecule has 0 unspecified atom stereocenters. The third-order valence-electron chi connectivity index (χ3n) is 2.91. The van der Waals surface area contributed by atoms with Gasteiger partial charge in [0.25, 0.3) is 0 Å². The number of anilines is 1. The van der Waals surface area contributed by atoms with Crippen LogP contribution in [0.1, 0.15) is 19.8 Å². The topological polar surface area (TPSA) is 33.1 Å². The highest BCUT2D eigenvalue weighted by molar-refractivity contribution is 5.25. The number of hydrogen-bond donors (Lipinski definition) is 1. The molecule has 1 aliphatic rings. The van der Waals surface area contributed by atoms with Crippen molar-refractivity contribution in [3.05, 3.63) is 12.4 Å². The second-order valence-electron chi connectivity index (χ2n) is 4.02. The van der Waals surface area contributed by atoms with E-state index in [1.54, 1.807) is 0 Å². The van der Waals surface area contributed by atoms with E-state index in [0.29, 0.717) is 0 Å². The summed E-state index contributed by atoms with van der Waals surface area (Å²) < 4.78 is 2.20. The summed E-state index contributed by atoms with van der Waals surface area (Å²) in [4.78, 5) is 6.81. The first-order valence-corrected chi connectivity index (χ1v) is 5.87. The molecule has 1 saturated heterocycles. The summed E-state index contributed by atoms with van der Waals surface area (Å²) >= 11 is 0. The van der Waals surface area contributed by atoms with Gasteiger partial charge in [0.15, 0.2) is 0 Å². The molecule has 0 spiro atoms. The first kappa shape index (κ1) is 10.5. The van der Waals surface area contributed by atoms with E-state index in [0.717, 1.165) is 25.6 Å². The Morgan fingerprint density at radius 3 is 2.87 bits per heavy atom. The maximum Gasteiger partial charge on any atom is 0.202 e. The van der Waals surface area contributed by atoms with E-state index >= 15 is 0 Å². The smallest absolute Gasteiger partial charge is 0.202 e. The van der Waals surface area contributed by atoms with Gasteiger partial charge in [-0.3, -0.25) is 0 Å². The van der Waals surface area contributed by atoms with Crippen LogP contribution in [0.25, 0.3) is 0 Å². The lowest BCUT2D eigenvalue weighted by Gasteiger charge is -2.15. The second kappa shape index (κ2) is 5.16. The van der Waals surface area contributed by atoms with E-state index in [4.69, 9.17) is 0 Å². The molecule has 0 amide bonds. The summed E-state index contributed by atoms with van der Waals surface area (Å²) in [6, 6.07) is 0. The molecule has 2 heterocycles. The predicted octanol–water partition coefficient (Wildman–Crippen LogP) is 1.41. The quantitative estimate of drug-likeness (QED) is 0.794. The Hall–Kier alpha value is -1.03. The van der Waals surface area contributed by atoms with Crippen LogP contribution in [0.4, 0.5) is 5.95 Å². The van der Waals surface area contributed by atoms with Crippen molar-refractivity contribution in [3.8, 4) is 0 Å². The van der Waals surface area contributed by atoms with Gasteiger partial charge in [-0.15, -0.1) is 0 Å². The van der Waals surface area contributed by atoms with Crippen LogP contribution in [0.2, 0.25) is 0 Å². The first-order chi connectivity index (χ1) is 7.40. The fourth-order valence-electron chi connectivity index (χ4n) is 2.07. The van der Waals surface area contributed by atoms with Crippen LogP contribution in [-0.4, -0.2) is 40.6 Å². The van der Waals surface area contributed by atoms with Crippen LogP contribution in [0, 0.1) is 0 Å². The summed E-state index contributed by atoms with van der Waals surface area (Å²) in [5.41, 5.74) is 0. The number of rotatable bonds is 5. The molecule has 0 bridgehead atoms. The third-order valence-corrected chi connectivity index (χ3v) is 2.91. The molecule has 1 N–H and O–H groups in total. The van der Waals surface area contributed by atoms with Gasteiger partial charge in [-0.2, -0.15) is 0 Å². The van der Waals surface area contributed by atoms with Crippen molar-refractivity contribution in [2.24, 2.45) is 0 Å². The SMILES string of the molecule is CCNc1nccn1CCN1CCCC1. The van der Waals surface area contributed by atoms with E-state index in [9.17, 15) is 0 Å². The van der Waals surface area contributed by atoms with Crippen LogP contribution in [0.5, 0.6) is 0 Å². The molecule has 0 aliphatic carbocycles. The van der Waals surface area contributed by atoms with Gasteiger partial charge in [-0.05, 0) is 32.9 Å². The van der Waals surface area contributed by atoms with Crippen LogP contribution < -0.4 is 5.32 Å². The zero-order valence-electron chi connectivity index (χ0n) is 9.45. The van der Waals surface area contributed by atoms with Gasteiger partial charge in [0.05, 0.1) is 0 Å². The van der Waals surface area contributed by atoms with Crippen molar-refractivity contribution in [3.63, 3.8) is 0 Å². The summed E-state index contributed by atoms with van der Waals surface area (Å²) in [5.74, 6) is 0.997. The van der Waals surface area contributed by atoms with Crippen molar-refractivity contribution in [1.82, 2.24) is 14.5 Å². The molecule has 4 heteroatoms. The number of aromatic nitrogens is 2. The van der Waals surface area contributed by atoms with Crippen LogP contribution in [-0.2, 0) is 6.54 Å². The molecule has 1 fully saturated rings. The number of imidazole rings is 1. The molecule has 0 atom stereocenters. The average Bonchev–Trinajstić information content (AvgIpc) is 2.85. The minimum atomic E-state index is 0.931. The van der Waals surface area contributed by atoms with Gasteiger partial charge >= 0.3 is 0 Å². The summed E-state index contributed by atoms with van der Waals surface area (Å²) in [7, 11) is 0. The Labute approximate surface area is 91.3 Å². The first-order valence-electron chi connectivity index (χ1n) is 5.87. The molecule has 0 radical (unpaired) electrons. The lowest BCUT2D eigenvalue weighted by atomic mass is 10.4. The highest BCUT2D eigenvalue weighted by atomic mass is 15.2. The molecule has 15 heavy (non-hydrogen) atoms. The maximum atomic E-state index is 4.28. The summed E-state index contributed by atoms with van der Waals surface area (Å²) in [6.45, 7) is 7.76. The Balaban J connectivity index is 1.83. The monoisotopic (exact) mass is 208 g/mol. The number of nitrogens with zero attached hydrogens (tertiary/aromatic N) is 3.